The zero-order chi connectivity index (χ0) is 19.2. The molecule has 0 aromatic carbocycles. The number of aliphatic hydroxyl groups excluding tert-OH is 1. The third-order valence-electron chi connectivity index (χ3n) is 3.16. The molecule has 27 heavy (non-hydrogen) atoms. The lowest BCUT2D eigenvalue weighted by Gasteiger charge is -2.12. The number of aliphatic hydroxyl groups is 1. The number of rotatable bonds is 7. The fraction of sp³-hybridized carbons (Fsp3) is 0.467. The van der Waals surface area contributed by atoms with E-state index < -0.39 is 18.0 Å². The van der Waals surface area contributed by atoms with Gasteiger partial charge in [-0.15, -0.1) is 46.7 Å². The van der Waals surface area contributed by atoms with Crippen molar-refractivity contribution >= 4 is 64.2 Å². The lowest BCUT2D eigenvalue weighted by molar-refractivity contribution is -0.140. The molecule has 0 radical (unpaired) electrons. The molecule has 12 heteroatoms. The molecule has 1 atom stereocenters. The number of hydrogen-bond acceptors (Lipinski definition) is 5. The standard InChI is InChI=1S/C15H18ClF3N4OS2.HI/c1-2-20-14(22-7-9(24)10-3-4-12(16)26-10)21-6-5-13-23-11(8-25-13)15(17,18)19;/h3-4,8-9,24H,2,5-7H2,1H3,(H2,20,21,22);1H. The Hall–Kier alpha value is -0.630. The van der Waals surface area contributed by atoms with Crippen LogP contribution < -0.4 is 10.6 Å². The quantitative estimate of drug-likeness (QED) is 0.271. The van der Waals surface area contributed by atoms with Gasteiger partial charge < -0.3 is 15.7 Å². The van der Waals surface area contributed by atoms with E-state index in [0.717, 1.165) is 21.6 Å². The Labute approximate surface area is 185 Å². The summed E-state index contributed by atoms with van der Waals surface area (Å²) in [6.45, 7) is 3.02. The van der Waals surface area contributed by atoms with Crippen molar-refractivity contribution in [2.75, 3.05) is 19.6 Å². The average Bonchev–Trinajstić information content (AvgIpc) is 3.21. The van der Waals surface area contributed by atoms with Gasteiger partial charge in [0, 0.05) is 29.8 Å². The van der Waals surface area contributed by atoms with E-state index >= 15 is 0 Å². The van der Waals surface area contributed by atoms with E-state index in [1.807, 2.05) is 6.92 Å². The number of aliphatic imine (C=N–C) groups is 1. The number of thiophene rings is 1. The molecule has 0 amide bonds. The molecule has 2 rings (SSSR count). The fourth-order valence-electron chi connectivity index (χ4n) is 1.96. The molecular weight excluding hydrogens is 536 g/mol. The minimum Gasteiger partial charge on any atom is -0.386 e. The van der Waals surface area contributed by atoms with E-state index in [1.165, 1.54) is 11.3 Å². The molecule has 3 N–H and O–H groups in total. The summed E-state index contributed by atoms with van der Waals surface area (Å²) in [6, 6.07) is 3.45. The first-order valence-corrected chi connectivity index (χ1v) is 9.84. The Kier molecular flexibility index (Phi) is 10.3. The molecular formula is C15H19ClF3IN4OS2. The van der Waals surface area contributed by atoms with Gasteiger partial charge in [0.25, 0.3) is 0 Å². The molecule has 2 aromatic rings. The molecule has 2 heterocycles. The predicted octanol–water partition coefficient (Wildman–Crippen LogP) is 4.33. The van der Waals surface area contributed by atoms with Crippen molar-refractivity contribution in [2.24, 2.45) is 4.99 Å². The molecule has 2 aromatic heterocycles. The number of nitrogens with zero attached hydrogens (tertiary/aromatic N) is 2. The Morgan fingerprint density at radius 3 is 2.67 bits per heavy atom. The van der Waals surface area contributed by atoms with Crippen LogP contribution in [0.4, 0.5) is 13.2 Å². The summed E-state index contributed by atoms with van der Waals surface area (Å²) in [6.07, 6.45) is -4.84. The zero-order valence-corrected chi connectivity index (χ0v) is 18.9. The van der Waals surface area contributed by atoms with Gasteiger partial charge in [-0.3, -0.25) is 4.99 Å². The summed E-state index contributed by atoms with van der Waals surface area (Å²) in [5.74, 6) is 0.474. The second-order valence-corrected chi connectivity index (χ2v) is 7.87. The average molecular weight is 555 g/mol. The van der Waals surface area contributed by atoms with E-state index in [0.29, 0.717) is 34.8 Å². The highest BCUT2D eigenvalue weighted by molar-refractivity contribution is 14.0. The Balaban J connectivity index is 0.00000364. The first-order valence-electron chi connectivity index (χ1n) is 7.76. The summed E-state index contributed by atoms with van der Waals surface area (Å²) in [5, 5.41) is 17.6. The number of guanidine groups is 1. The van der Waals surface area contributed by atoms with Gasteiger partial charge in [-0.25, -0.2) is 4.98 Å². The molecule has 0 aliphatic carbocycles. The van der Waals surface area contributed by atoms with Crippen LogP contribution in [0, 0.1) is 0 Å². The first-order chi connectivity index (χ1) is 12.3. The van der Waals surface area contributed by atoms with Gasteiger partial charge in [0.1, 0.15) is 6.10 Å². The van der Waals surface area contributed by atoms with Crippen molar-refractivity contribution in [2.45, 2.75) is 25.6 Å². The predicted molar refractivity (Wildman–Crippen MR) is 115 cm³/mol. The third kappa shape index (κ3) is 8.10. The molecule has 0 bridgehead atoms. The smallest absolute Gasteiger partial charge is 0.386 e. The lowest BCUT2D eigenvalue weighted by atomic mass is 10.3. The summed E-state index contributed by atoms with van der Waals surface area (Å²) in [5.41, 5.74) is -0.865. The number of hydrogen-bond donors (Lipinski definition) is 3. The summed E-state index contributed by atoms with van der Waals surface area (Å²) < 4.78 is 38.2. The zero-order valence-electron chi connectivity index (χ0n) is 14.2. The van der Waals surface area contributed by atoms with Crippen LogP contribution in [0.15, 0.2) is 22.5 Å². The van der Waals surface area contributed by atoms with Crippen molar-refractivity contribution in [3.8, 4) is 0 Å². The van der Waals surface area contributed by atoms with Gasteiger partial charge in [-0.05, 0) is 19.1 Å². The van der Waals surface area contributed by atoms with Gasteiger partial charge in [0.15, 0.2) is 11.7 Å². The molecule has 152 valence electrons. The molecule has 0 spiro atoms. The van der Waals surface area contributed by atoms with Gasteiger partial charge in [0.05, 0.1) is 15.9 Å². The van der Waals surface area contributed by atoms with E-state index in [4.69, 9.17) is 11.6 Å². The highest BCUT2D eigenvalue weighted by Gasteiger charge is 2.33. The second kappa shape index (κ2) is 11.4. The molecule has 0 aliphatic heterocycles. The lowest BCUT2D eigenvalue weighted by Crippen LogP contribution is -2.38. The number of alkyl halides is 3. The topological polar surface area (TPSA) is 69.5 Å². The first kappa shape index (κ1) is 24.4. The summed E-state index contributed by atoms with van der Waals surface area (Å²) in [4.78, 5) is 8.59. The Morgan fingerprint density at radius 1 is 1.37 bits per heavy atom. The van der Waals surface area contributed by atoms with Crippen LogP contribution in [0.25, 0.3) is 0 Å². The number of halogens is 5. The fourth-order valence-corrected chi connectivity index (χ4v) is 3.80. The van der Waals surface area contributed by atoms with Crippen LogP contribution >= 0.6 is 58.3 Å². The van der Waals surface area contributed by atoms with Gasteiger partial charge in [-0.1, -0.05) is 11.6 Å². The molecule has 1 unspecified atom stereocenters. The van der Waals surface area contributed by atoms with Crippen LogP contribution in [0.3, 0.4) is 0 Å². The van der Waals surface area contributed by atoms with Crippen LogP contribution in [0.5, 0.6) is 0 Å². The highest BCUT2D eigenvalue weighted by atomic mass is 127. The van der Waals surface area contributed by atoms with E-state index in [2.05, 4.69) is 20.6 Å². The maximum atomic E-state index is 12.5. The van der Waals surface area contributed by atoms with Crippen LogP contribution in [-0.4, -0.2) is 35.7 Å². The number of aromatic nitrogens is 1. The van der Waals surface area contributed by atoms with Crippen molar-refractivity contribution < 1.29 is 18.3 Å². The van der Waals surface area contributed by atoms with Gasteiger partial charge in [0.2, 0.25) is 0 Å². The van der Waals surface area contributed by atoms with Crippen molar-refractivity contribution in [3.63, 3.8) is 0 Å². The molecule has 0 aliphatic rings. The maximum absolute atomic E-state index is 12.5. The summed E-state index contributed by atoms with van der Waals surface area (Å²) in [7, 11) is 0. The SMILES string of the molecule is CCNC(=NCC(O)c1ccc(Cl)s1)NCCc1nc(C(F)(F)F)cs1.I. The van der Waals surface area contributed by atoms with Crippen LogP contribution in [-0.2, 0) is 12.6 Å². The van der Waals surface area contributed by atoms with E-state index in [1.54, 1.807) is 12.1 Å². The van der Waals surface area contributed by atoms with E-state index in [-0.39, 0.29) is 30.5 Å². The largest absolute Gasteiger partial charge is 0.434 e. The molecule has 0 saturated carbocycles. The third-order valence-corrected chi connectivity index (χ3v) is 5.40. The number of thiazole rings is 1. The van der Waals surface area contributed by atoms with Gasteiger partial charge in [-0.2, -0.15) is 13.2 Å². The maximum Gasteiger partial charge on any atom is 0.434 e. The Bertz CT molecular complexity index is 739. The van der Waals surface area contributed by atoms with Crippen molar-refractivity contribution in [3.05, 3.63) is 37.4 Å². The summed E-state index contributed by atoms with van der Waals surface area (Å²) >= 11 is 8.11. The molecule has 0 saturated heterocycles. The van der Waals surface area contributed by atoms with Crippen molar-refractivity contribution in [1.82, 2.24) is 15.6 Å². The van der Waals surface area contributed by atoms with Crippen molar-refractivity contribution in [1.29, 1.82) is 0 Å². The normalized spacial score (nSPS) is 13.2. The van der Waals surface area contributed by atoms with E-state index in [9.17, 15) is 18.3 Å². The highest BCUT2D eigenvalue weighted by Crippen LogP contribution is 2.30. The second-order valence-electron chi connectivity index (χ2n) is 5.18. The van der Waals surface area contributed by atoms with Crippen LogP contribution in [0.2, 0.25) is 4.34 Å². The Morgan fingerprint density at radius 2 is 2.11 bits per heavy atom. The van der Waals surface area contributed by atoms with Crippen LogP contribution in [0.1, 0.15) is 28.6 Å². The number of nitrogens with one attached hydrogen (secondary N) is 2. The monoisotopic (exact) mass is 554 g/mol. The minimum absolute atomic E-state index is 0. The minimum atomic E-state index is -4.42. The molecule has 5 nitrogen and oxygen atoms in total. The van der Waals surface area contributed by atoms with Gasteiger partial charge >= 0.3 is 6.18 Å². The molecule has 0 fully saturated rings.